The third-order valence-electron chi connectivity index (χ3n) is 5.32. The molecule has 188 valence electrons. The number of hydrogen-bond donors (Lipinski definition) is 1. The first-order valence-electron chi connectivity index (χ1n) is 11.3. The number of carbonyl (C=O) groups is 2. The molecule has 0 spiro atoms. The van der Waals surface area contributed by atoms with Crippen molar-refractivity contribution in [1.29, 1.82) is 0 Å². The third-order valence-corrected chi connectivity index (χ3v) is 6.41. The quantitative estimate of drug-likeness (QED) is 0.192. The monoisotopic (exact) mass is 510 g/mol. The SMILES string of the molecule is CCOC(=O)C(Sc1nnc(-c2c[nH]c3ccccc23)n1-c1cc(OC)ccc1OC)C(=O)OCC. The van der Waals surface area contributed by atoms with Gasteiger partial charge in [0.25, 0.3) is 0 Å². The van der Waals surface area contributed by atoms with E-state index in [9.17, 15) is 9.59 Å². The van der Waals surface area contributed by atoms with Crippen LogP contribution in [0.1, 0.15) is 13.8 Å². The van der Waals surface area contributed by atoms with Gasteiger partial charge in [0, 0.05) is 28.7 Å². The Bertz CT molecular complexity index is 1360. The van der Waals surface area contributed by atoms with Crippen molar-refractivity contribution in [3.8, 4) is 28.6 Å². The molecule has 10 nitrogen and oxygen atoms in total. The first-order valence-corrected chi connectivity index (χ1v) is 12.1. The Kier molecular flexibility index (Phi) is 7.79. The standard InChI is InChI=1S/C25H26N4O6S/c1-5-34-23(30)21(24(31)35-6-2)36-25-28-27-22(17-14-26-18-10-8-7-9-16(17)18)29(25)19-13-15(32-3)11-12-20(19)33-4/h7-14,21,26H,5-6H2,1-4H3. The van der Waals surface area contributed by atoms with Gasteiger partial charge in [-0.05, 0) is 32.0 Å². The minimum absolute atomic E-state index is 0.117. The molecule has 4 aromatic rings. The second kappa shape index (κ2) is 11.2. The number of aromatic amines is 1. The summed E-state index contributed by atoms with van der Waals surface area (Å²) in [4.78, 5) is 28.6. The second-order valence-electron chi connectivity index (χ2n) is 7.43. The summed E-state index contributed by atoms with van der Waals surface area (Å²) >= 11 is 0.896. The number of nitrogens with zero attached hydrogens (tertiary/aromatic N) is 3. The number of thioether (sulfide) groups is 1. The largest absolute Gasteiger partial charge is 0.497 e. The molecule has 11 heteroatoms. The zero-order chi connectivity index (χ0) is 25.7. The van der Waals surface area contributed by atoms with Crippen molar-refractivity contribution in [2.75, 3.05) is 27.4 Å². The molecule has 0 bridgehead atoms. The van der Waals surface area contributed by atoms with Crippen molar-refractivity contribution in [3.63, 3.8) is 0 Å². The topological polar surface area (TPSA) is 118 Å². The number of methoxy groups -OCH3 is 2. The zero-order valence-electron chi connectivity index (χ0n) is 20.3. The number of rotatable bonds is 10. The number of nitrogens with one attached hydrogen (secondary N) is 1. The van der Waals surface area contributed by atoms with Crippen LogP contribution in [0.15, 0.2) is 53.8 Å². The minimum Gasteiger partial charge on any atom is -0.497 e. The molecule has 2 aromatic heterocycles. The van der Waals surface area contributed by atoms with Gasteiger partial charge in [-0.25, -0.2) is 0 Å². The number of esters is 2. The Hall–Kier alpha value is -3.99. The van der Waals surface area contributed by atoms with E-state index in [0.29, 0.717) is 23.0 Å². The number of H-pyrrole nitrogens is 1. The van der Waals surface area contributed by atoms with E-state index in [-0.39, 0.29) is 18.4 Å². The molecule has 0 aliphatic heterocycles. The first kappa shape index (κ1) is 25.1. The lowest BCUT2D eigenvalue weighted by Crippen LogP contribution is -2.31. The number of ether oxygens (including phenoxy) is 4. The predicted molar refractivity (Wildman–Crippen MR) is 135 cm³/mol. The lowest BCUT2D eigenvalue weighted by atomic mass is 10.1. The average Bonchev–Trinajstić information content (AvgIpc) is 3.50. The number of fused-ring (bicyclic) bond motifs is 1. The van der Waals surface area contributed by atoms with Crippen molar-refractivity contribution >= 4 is 34.6 Å². The summed E-state index contributed by atoms with van der Waals surface area (Å²) in [6.45, 7) is 3.57. The fourth-order valence-corrected chi connectivity index (χ4v) is 4.62. The summed E-state index contributed by atoms with van der Waals surface area (Å²) < 4.78 is 23.1. The van der Waals surface area contributed by atoms with Crippen molar-refractivity contribution in [2.45, 2.75) is 24.3 Å². The molecular formula is C25H26N4O6S. The van der Waals surface area contributed by atoms with Gasteiger partial charge in [0.05, 0.1) is 33.1 Å². The molecule has 0 fully saturated rings. The predicted octanol–water partition coefficient (Wildman–Crippen LogP) is 4.02. The van der Waals surface area contributed by atoms with Crippen LogP contribution in [-0.4, -0.2) is 64.4 Å². The average molecular weight is 511 g/mol. The molecule has 36 heavy (non-hydrogen) atoms. The summed E-state index contributed by atoms with van der Waals surface area (Å²) in [5.41, 5.74) is 2.26. The van der Waals surface area contributed by atoms with Crippen LogP contribution in [0.2, 0.25) is 0 Å². The fourth-order valence-electron chi connectivity index (χ4n) is 3.70. The molecule has 0 atom stereocenters. The number of benzene rings is 2. The molecule has 0 aliphatic carbocycles. The maximum Gasteiger partial charge on any atom is 0.331 e. The maximum absolute atomic E-state index is 12.7. The summed E-state index contributed by atoms with van der Waals surface area (Å²) in [6.07, 6.45) is 1.83. The van der Waals surface area contributed by atoms with Gasteiger partial charge < -0.3 is 23.9 Å². The minimum atomic E-state index is -1.29. The molecule has 0 aliphatic rings. The number of carbonyl (C=O) groups excluding carboxylic acids is 2. The van der Waals surface area contributed by atoms with Crippen LogP contribution in [0, 0.1) is 0 Å². The van der Waals surface area contributed by atoms with Crippen LogP contribution in [-0.2, 0) is 19.1 Å². The smallest absolute Gasteiger partial charge is 0.331 e. The van der Waals surface area contributed by atoms with Gasteiger partial charge in [-0.15, -0.1) is 10.2 Å². The van der Waals surface area contributed by atoms with Gasteiger partial charge in [-0.1, -0.05) is 30.0 Å². The summed E-state index contributed by atoms with van der Waals surface area (Å²) in [5.74, 6) is 0.131. The molecule has 0 amide bonds. The molecule has 0 saturated heterocycles. The molecule has 0 unspecified atom stereocenters. The van der Waals surface area contributed by atoms with Crippen LogP contribution >= 0.6 is 11.8 Å². The number of aromatic nitrogens is 4. The van der Waals surface area contributed by atoms with E-state index in [1.165, 1.54) is 0 Å². The Morgan fingerprint density at radius 1 is 1.00 bits per heavy atom. The molecule has 2 aromatic carbocycles. The van der Waals surface area contributed by atoms with Gasteiger partial charge in [0.1, 0.15) is 11.5 Å². The normalized spacial score (nSPS) is 11.0. The van der Waals surface area contributed by atoms with Gasteiger partial charge in [0.15, 0.2) is 11.0 Å². The molecule has 1 N–H and O–H groups in total. The third kappa shape index (κ3) is 4.87. The Morgan fingerprint density at radius 3 is 2.39 bits per heavy atom. The van der Waals surface area contributed by atoms with Gasteiger partial charge in [-0.2, -0.15) is 0 Å². The van der Waals surface area contributed by atoms with Crippen LogP contribution in [0.3, 0.4) is 0 Å². The maximum atomic E-state index is 12.7. The van der Waals surface area contributed by atoms with Gasteiger partial charge in [0.2, 0.25) is 5.25 Å². The van der Waals surface area contributed by atoms with Crippen molar-refractivity contribution in [1.82, 2.24) is 19.7 Å². The van der Waals surface area contributed by atoms with E-state index < -0.39 is 17.2 Å². The van der Waals surface area contributed by atoms with Crippen LogP contribution in [0.25, 0.3) is 28.0 Å². The second-order valence-corrected chi connectivity index (χ2v) is 8.50. The molecular weight excluding hydrogens is 484 g/mol. The highest BCUT2D eigenvalue weighted by Crippen LogP contribution is 2.38. The first-order chi connectivity index (χ1) is 17.5. The van der Waals surface area contributed by atoms with E-state index in [1.54, 1.807) is 50.8 Å². The van der Waals surface area contributed by atoms with Crippen molar-refractivity contribution in [3.05, 3.63) is 48.7 Å². The lowest BCUT2D eigenvalue weighted by molar-refractivity contribution is -0.152. The van der Waals surface area contributed by atoms with E-state index >= 15 is 0 Å². The Morgan fingerprint density at radius 2 is 1.72 bits per heavy atom. The highest BCUT2D eigenvalue weighted by molar-refractivity contribution is 8.01. The Labute approximate surface area is 211 Å². The zero-order valence-corrected chi connectivity index (χ0v) is 21.1. The molecule has 2 heterocycles. The van der Waals surface area contributed by atoms with Crippen molar-refractivity contribution < 1.29 is 28.5 Å². The highest BCUT2D eigenvalue weighted by atomic mass is 32.2. The summed E-state index contributed by atoms with van der Waals surface area (Å²) in [5, 5.41) is 8.72. The van der Waals surface area contributed by atoms with E-state index in [1.807, 2.05) is 30.5 Å². The number of para-hydroxylation sites is 1. The van der Waals surface area contributed by atoms with Crippen LogP contribution in [0.4, 0.5) is 0 Å². The number of hydrogen-bond acceptors (Lipinski definition) is 9. The van der Waals surface area contributed by atoms with Crippen LogP contribution < -0.4 is 9.47 Å². The molecule has 4 rings (SSSR count). The van der Waals surface area contributed by atoms with E-state index in [4.69, 9.17) is 18.9 Å². The lowest BCUT2D eigenvalue weighted by Gasteiger charge is -2.17. The summed E-state index contributed by atoms with van der Waals surface area (Å²) in [7, 11) is 3.11. The van der Waals surface area contributed by atoms with Crippen LogP contribution in [0.5, 0.6) is 11.5 Å². The van der Waals surface area contributed by atoms with E-state index in [2.05, 4.69) is 15.2 Å². The van der Waals surface area contributed by atoms with Crippen molar-refractivity contribution in [2.24, 2.45) is 0 Å². The molecule has 0 radical (unpaired) electrons. The van der Waals surface area contributed by atoms with E-state index in [0.717, 1.165) is 28.2 Å². The molecule has 0 saturated carbocycles. The van der Waals surface area contributed by atoms with Gasteiger partial charge >= 0.3 is 11.9 Å². The Balaban J connectivity index is 1.92. The highest BCUT2D eigenvalue weighted by Gasteiger charge is 2.34. The summed E-state index contributed by atoms with van der Waals surface area (Å²) in [6, 6.07) is 13.1. The fraction of sp³-hybridized carbons (Fsp3) is 0.280. The van der Waals surface area contributed by atoms with Gasteiger partial charge in [-0.3, -0.25) is 14.2 Å².